The third-order valence-electron chi connectivity index (χ3n) is 5.90. The lowest BCUT2D eigenvalue weighted by Gasteiger charge is -2.38. The highest BCUT2D eigenvalue weighted by Gasteiger charge is 2.33. The summed E-state index contributed by atoms with van der Waals surface area (Å²) < 4.78 is 14.0. The highest BCUT2D eigenvalue weighted by molar-refractivity contribution is 7.12. The van der Waals surface area contributed by atoms with E-state index in [1.165, 1.54) is 29.5 Å². The highest BCUT2D eigenvalue weighted by atomic mass is 35.5. The number of likely N-dealkylation sites (tertiary alicyclic amines) is 1. The van der Waals surface area contributed by atoms with Gasteiger partial charge in [-0.3, -0.25) is 14.4 Å². The molecule has 4 rings (SSSR count). The molecule has 2 aliphatic heterocycles. The molecule has 0 spiro atoms. The summed E-state index contributed by atoms with van der Waals surface area (Å²) in [6.45, 7) is 2.68. The largest absolute Gasteiger partial charge is 0.339 e. The number of amides is 3. The normalized spacial score (nSPS) is 17.7. The molecule has 0 N–H and O–H groups in total. The fraction of sp³-hybridized carbons (Fsp3) is 0.409. The van der Waals surface area contributed by atoms with Gasteiger partial charge in [0.15, 0.2) is 0 Å². The van der Waals surface area contributed by atoms with E-state index >= 15 is 0 Å². The summed E-state index contributed by atoms with van der Waals surface area (Å²) >= 11 is 7.32. The van der Waals surface area contributed by atoms with Crippen LogP contribution in [0.15, 0.2) is 35.7 Å². The standard InChI is InChI=1S/C22H23ClFN3O3S/c23-16-3-4-18(24)17(14-16)21(29)27-11-9-26(10-12-27)20(28)15-5-7-25(8-6-15)22(30)19-2-1-13-31-19/h1-4,13-15H,5-12H2. The van der Waals surface area contributed by atoms with Gasteiger partial charge in [-0.2, -0.15) is 0 Å². The Hall–Kier alpha value is -2.45. The van der Waals surface area contributed by atoms with Gasteiger partial charge >= 0.3 is 0 Å². The van der Waals surface area contributed by atoms with Gasteiger partial charge in [0.05, 0.1) is 10.4 Å². The van der Waals surface area contributed by atoms with Gasteiger partial charge in [0.1, 0.15) is 5.82 Å². The lowest BCUT2D eigenvalue weighted by molar-refractivity contribution is -0.138. The maximum atomic E-state index is 14.0. The van der Waals surface area contributed by atoms with Crippen LogP contribution in [0.5, 0.6) is 0 Å². The highest BCUT2D eigenvalue weighted by Crippen LogP contribution is 2.24. The van der Waals surface area contributed by atoms with Crippen LogP contribution in [0.1, 0.15) is 32.9 Å². The summed E-state index contributed by atoms with van der Waals surface area (Å²) in [4.78, 5) is 43.9. The predicted molar refractivity (Wildman–Crippen MR) is 117 cm³/mol. The Balaban J connectivity index is 1.28. The van der Waals surface area contributed by atoms with Gasteiger partial charge in [-0.1, -0.05) is 17.7 Å². The van der Waals surface area contributed by atoms with E-state index in [2.05, 4.69) is 0 Å². The average Bonchev–Trinajstić information content (AvgIpc) is 3.34. The topological polar surface area (TPSA) is 60.9 Å². The molecule has 2 fully saturated rings. The Kier molecular flexibility index (Phi) is 6.57. The van der Waals surface area contributed by atoms with E-state index in [-0.39, 0.29) is 23.3 Å². The second-order valence-electron chi connectivity index (χ2n) is 7.79. The maximum absolute atomic E-state index is 14.0. The van der Waals surface area contributed by atoms with Crippen molar-refractivity contribution in [3.8, 4) is 0 Å². The van der Waals surface area contributed by atoms with E-state index in [1.54, 1.807) is 9.80 Å². The van der Waals surface area contributed by atoms with Crippen LogP contribution in [0.3, 0.4) is 0 Å². The molecule has 3 amide bonds. The number of hydrogen-bond donors (Lipinski definition) is 0. The van der Waals surface area contributed by atoms with E-state index in [9.17, 15) is 18.8 Å². The lowest BCUT2D eigenvalue weighted by atomic mass is 9.94. The zero-order chi connectivity index (χ0) is 22.0. The molecule has 6 nitrogen and oxygen atoms in total. The quantitative estimate of drug-likeness (QED) is 0.701. The number of hydrogen-bond acceptors (Lipinski definition) is 4. The lowest BCUT2D eigenvalue weighted by Crippen LogP contribution is -2.53. The van der Waals surface area contributed by atoms with Gasteiger partial charge in [-0.05, 0) is 42.5 Å². The molecule has 0 bridgehead atoms. The fourth-order valence-corrected chi connectivity index (χ4v) is 4.97. The summed E-state index contributed by atoms with van der Waals surface area (Å²) in [6.07, 6.45) is 1.28. The van der Waals surface area contributed by atoms with E-state index in [0.29, 0.717) is 57.1 Å². The number of piperidine rings is 1. The van der Waals surface area contributed by atoms with Gasteiger partial charge < -0.3 is 14.7 Å². The van der Waals surface area contributed by atoms with Crippen molar-refractivity contribution in [1.82, 2.24) is 14.7 Å². The van der Waals surface area contributed by atoms with Crippen molar-refractivity contribution in [2.45, 2.75) is 12.8 Å². The summed E-state index contributed by atoms with van der Waals surface area (Å²) in [5.74, 6) is -1.02. The minimum absolute atomic E-state index is 0.0290. The first kappa shape index (κ1) is 21.8. The fourth-order valence-electron chi connectivity index (χ4n) is 4.11. The minimum Gasteiger partial charge on any atom is -0.339 e. The summed E-state index contributed by atoms with van der Waals surface area (Å²) in [6, 6.07) is 7.61. The third kappa shape index (κ3) is 4.75. The molecule has 3 heterocycles. The first-order valence-corrected chi connectivity index (χ1v) is 11.6. The van der Waals surface area contributed by atoms with Crippen molar-refractivity contribution in [3.63, 3.8) is 0 Å². The van der Waals surface area contributed by atoms with Crippen molar-refractivity contribution in [2.24, 2.45) is 5.92 Å². The van der Waals surface area contributed by atoms with Crippen LogP contribution in [0.2, 0.25) is 5.02 Å². The zero-order valence-corrected chi connectivity index (χ0v) is 18.5. The van der Waals surface area contributed by atoms with Crippen LogP contribution in [0, 0.1) is 11.7 Å². The van der Waals surface area contributed by atoms with Gasteiger partial charge in [0.25, 0.3) is 11.8 Å². The SMILES string of the molecule is O=C(c1cccs1)N1CCC(C(=O)N2CCN(C(=O)c3cc(Cl)ccc3F)CC2)CC1. The Bertz CT molecular complexity index is 968. The molecule has 0 atom stereocenters. The molecular weight excluding hydrogens is 441 g/mol. The summed E-state index contributed by atoms with van der Waals surface area (Å²) in [5, 5.41) is 2.19. The second-order valence-corrected chi connectivity index (χ2v) is 9.17. The third-order valence-corrected chi connectivity index (χ3v) is 6.99. The zero-order valence-electron chi connectivity index (χ0n) is 16.9. The van der Waals surface area contributed by atoms with Gasteiger partial charge in [-0.15, -0.1) is 11.3 Å². The van der Waals surface area contributed by atoms with E-state index < -0.39 is 11.7 Å². The molecule has 0 aliphatic carbocycles. The van der Waals surface area contributed by atoms with Crippen molar-refractivity contribution in [3.05, 3.63) is 57.0 Å². The molecule has 1 aromatic carbocycles. The molecule has 9 heteroatoms. The Morgan fingerprint density at radius 2 is 1.55 bits per heavy atom. The Morgan fingerprint density at radius 1 is 0.903 bits per heavy atom. The molecule has 1 aromatic heterocycles. The van der Waals surface area contributed by atoms with Crippen LogP contribution >= 0.6 is 22.9 Å². The number of carbonyl (C=O) groups excluding carboxylic acids is 3. The number of thiophene rings is 1. The summed E-state index contributed by atoms with van der Waals surface area (Å²) in [7, 11) is 0. The molecule has 31 heavy (non-hydrogen) atoms. The first-order valence-electron chi connectivity index (χ1n) is 10.3. The molecular formula is C22H23ClFN3O3S. The minimum atomic E-state index is -0.600. The number of rotatable bonds is 3. The van der Waals surface area contributed by atoms with Gasteiger partial charge in [0, 0.05) is 50.2 Å². The van der Waals surface area contributed by atoms with Crippen LogP contribution < -0.4 is 0 Å². The number of halogens is 2. The average molecular weight is 464 g/mol. The molecule has 164 valence electrons. The van der Waals surface area contributed by atoms with Crippen molar-refractivity contribution < 1.29 is 18.8 Å². The van der Waals surface area contributed by atoms with E-state index in [1.807, 2.05) is 22.4 Å². The molecule has 0 unspecified atom stereocenters. The van der Waals surface area contributed by atoms with Crippen LogP contribution in [-0.4, -0.2) is 71.7 Å². The Morgan fingerprint density at radius 3 is 2.19 bits per heavy atom. The molecule has 2 saturated heterocycles. The monoisotopic (exact) mass is 463 g/mol. The molecule has 0 radical (unpaired) electrons. The van der Waals surface area contributed by atoms with Crippen molar-refractivity contribution in [1.29, 1.82) is 0 Å². The van der Waals surface area contributed by atoms with Gasteiger partial charge in [-0.25, -0.2) is 4.39 Å². The maximum Gasteiger partial charge on any atom is 0.263 e. The van der Waals surface area contributed by atoms with Crippen molar-refractivity contribution in [2.75, 3.05) is 39.3 Å². The van der Waals surface area contributed by atoms with Gasteiger partial charge in [0.2, 0.25) is 5.91 Å². The first-order chi connectivity index (χ1) is 14.9. The smallest absolute Gasteiger partial charge is 0.263 e. The molecule has 2 aliphatic rings. The Labute approximate surface area is 189 Å². The van der Waals surface area contributed by atoms with Crippen LogP contribution in [0.4, 0.5) is 4.39 Å². The van der Waals surface area contributed by atoms with E-state index in [4.69, 9.17) is 11.6 Å². The summed E-state index contributed by atoms with van der Waals surface area (Å²) in [5.41, 5.74) is -0.0462. The molecule has 0 saturated carbocycles. The number of nitrogens with zero attached hydrogens (tertiary/aromatic N) is 3. The van der Waals surface area contributed by atoms with Crippen LogP contribution in [0.25, 0.3) is 0 Å². The number of piperazine rings is 1. The molecule has 2 aromatic rings. The number of carbonyl (C=O) groups is 3. The van der Waals surface area contributed by atoms with E-state index in [0.717, 1.165) is 4.88 Å². The second kappa shape index (κ2) is 9.36. The van der Waals surface area contributed by atoms with Crippen LogP contribution in [-0.2, 0) is 4.79 Å². The number of benzene rings is 1. The predicted octanol–water partition coefficient (Wildman–Crippen LogP) is 3.38. The van der Waals surface area contributed by atoms with Crippen molar-refractivity contribution >= 4 is 40.7 Å².